The van der Waals surface area contributed by atoms with Crippen molar-refractivity contribution in [1.29, 1.82) is 0 Å². The molecular weight excluding hydrogens is 297 g/mol. The fourth-order valence-electron chi connectivity index (χ4n) is 1.81. The van der Waals surface area contributed by atoms with E-state index in [9.17, 15) is 22.8 Å². The monoisotopic (exact) mass is 316 g/mol. The summed E-state index contributed by atoms with van der Waals surface area (Å²) in [6.07, 6.45) is -4.47. The number of halogens is 3. The van der Waals surface area contributed by atoms with Crippen LogP contribution in [0.4, 0.5) is 18.9 Å². The minimum atomic E-state index is -4.47. The Morgan fingerprint density at radius 3 is 2.41 bits per heavy atom. The summed E-state index contributed by atoms with van der Waals surface area (Å²) in [6.45, 7) is 5.00. The van der Waals surface area contributed by atoms with Crippen molar-refractivity contribution in [3.05, 3.63) is 29.8 Å². The van der Waals surface area contributed by atoms with Crippen molar-refractivity contribution in [2.45, 2.75) is 26.9 Å². The minimum Gasteiger partial charge on any atom is -0.354 e. The van der Waals surface area contributed by atoms with Crippen LogP contribution in [0.2, 0.25) is 0 Å². The largest absolute Gasteiger partial charge is 0.416 e. The van der Waals surface area contributed by atoms with E-state index in [1.54, 1.807) is 13.8 Å². The van der Waals surface area contributed by atoms with E-state index in [2.05, 4.69) is 5.32 Å². The molecule has 0 fully saturated rings. The first kappa shape index (κ1) is 18.0. The second-order valence-corrected chi connectivity index (χ2v) is 5.16. The third-order valence-electron chi connectivity index (χ3n) is 3.02. The quantitative estimate of drug-likeness (QED) is 0.908. The smallest absolute Gasteiger partial charge is 0.354 e. The first-order chi connectivity index (χ1) is 10.1. The number of carbonyl (C=O) groups is 2. The summed E-state index contributed by atoms with van der Waals surface area (Å²) in [7, 11) is 0. The second-order valence-electron chi connectivity index (χ2n) is 5.16. The third-order valence-corrected chi connectivity index (χ3v) is 3.02. The zero-order chi connectivity index (χ0) is 16.9. The van der Waals surface area contributed by atoms with Crippen molar-refractivity contribution in [2.75, 3.05) is 18.0 Å². The van der Waals surface area contributed by atoms with Crippen LogP contribution < -0.4 is 10.2 Å². The Morgan fingerprint density at radius 1 is 1.27 bits per heavy atom. The van der Waals surface area contributed by atoms with Gasteiger partial charge in [-0.1, -0.05) is 19.9 Å². The Bertz CT molecular complexity index is 542. The van der Waals surface area contributed by atoms with Gasteiger partial charge in [0.15, 0.2) is 0 Å². The van der Waals surface area contributed by atoms with Crippen LogP contribution in [-0.2, 0) is 15.8 Å². The molecule has 0 bridgehead atoms. The van der Waals surface area contributed by atoms with Gasteiger partial charge in [0.05, 0.1) is 5.56 Å². The van der Waals surface area contributed by atoms with Gasteiger partial charge < -0.3 is 10.2 Å². The molecule has 122 valence electrons. The molecule has 1 rings (SSSR count). The van der Waals surface area contributed by atoms with Gasteiger partial charge >= 0.3 is 6.18 Å². The Labute approximate surface area is 127 Å². The number of rotatable bonds is 5. The van der Waals surface area contributed by atoms with Crippen molar-refractivity contribution < 1.29 is 22.8 Å². The van der Waals surface area contributed by atoms with Crippen LogP contribution in [0.1, 0.15) is 26.3 Å². The Balaban J connectivity index is 2.84. The minimum absolute atomic E-state index is 0.106. The van der Waals surface area contributed by atoms with E-state index >= 15 is 0 Å². The molecule has 7 heteroatoms. The van der Waals surface area contributed by atoms with Crippen molar-refractivity contribution in [2.24, 2.45) is 5.92 Å². The number of hydrogen-bond donors (Lipinski definition) is 1. The van der Waals surface area contributed by atoms with Gasteiger partial charge in [0, 0.05) is 31.6 Å². The van der Waals surface area contributed by atoms with E-state index in [1.807, 2.05) is 0 Å². The van der Waals surface area contributed by atoms with Gasteiger partial charge in [0.1, 0.15) is 0 Å². The molecule has 0 spiro atoms. The average Bonchev–Trinajstić information content (AvgIpc) is 2.42. The lowest BCUT2D eigenvalue weighted by Gasteiger charge is -2.22. The van der Waals surface area contributed by atoms with E-state index < -0.39 is 17.6 Å². The molecule has 0 aliphatic rings. The van der Waals surface area contributed by atoms with E-state index in [0.717, 1.165) is 12.1 Å². The number of alkyl halides is 3. The number of nitrogens with zero attached hydrogens (tertiary/aromatic N) is 1. The molecule has 0 aromatic heterocycles. The van der Waals surface area contributed by atoms with Gasteiger partial charge in [-0.25, -0.2) is 0 Å². The van der Waals surface area contributed by atoms with Crippen molar-refractivity contribution in [3.63, 3.8) is 0 Å². The fraction of sp³-hybridized carbons (Fsp3) is 0.467. The number of anilines is 1. The lowest BCUT2D eigenvalue weighted by atomic mass is 10.1. The molecule has 1 aromatic carbocycles. The Kier molecular flexibility index (Phi) is 5.96. The van der Waals surface area contributed by atoms with Crippen LogP contribution in [0.25, 0.3) is 0 Å². The normalized spacial score (nSPS) is 11.4. The number of benzene rings is 1. The number of amides is 2. The molecular formula is C15H19F3N2O2. The summed E-state index contributed by atoms with van der Waals surface area (Å²) < 4.78 is 38.2. The van der Waals surface area contributed by atoms with Crippen LogP contribution in [0.15, 0.2) is 24.3 Å². The number of nitrogens with one attached hydrogen (secondary N) is 1. The highest BCUT2D eigenvalue weighted by molar-refractivity contribution is 5.91. The van der Waals surface area contributed by atoms with Gasteiger partial charge in [-0.3, -0.25) is 9.59 Å². The highest BCUT2D eigenvalue weighted by atomic mass is 19.4. The van der Waals surface area contributed by atoms with Crippen LogP contribution in [0.3, 0.4) is 0 Å². The van der Waals surface area contributed by atoms with E-state index in [4.69, 9.17) is 0 Å². The van der Waals surface area contributed by atoms with E-state index in [0.29, 0.717) is 0 Å². The van der Waals surface area contributed by atoms with Gasteiger partial charge in [0.25, 0.3) is 0 Å². The molecule has 0 radical (unpaired) electrons. The van der Waals surface area contributed by atoms with Crippen molar-refractivity contribution in [3.8, 4) is 0 Å². The van der Waals surface area contributed by atoms with Crippen LogP contribution in [-0.4, -0.2) is 24.9 Å². The SMILES string of the molecule is CC(=O)N(CCNC(=O)C(C)C)c1cccc(C(F)(F)F)c1. The van der Waals surface area contributed by atoms with Gasteiger partial charge in [0.2, 0.25) is 11.8 Å². The molecule has 0 atom stereocenters. The molecule has 2 amide bonds. The maximum Gasteiger partial charge on any atom is 0.416 e. The molecule has 0 aliphatic carbocycles. The predicted octanol–water partition coefficient (Wildman–Crippen LogP) is 2.83. The summed E-state index contributed by atoms with van der Waals surface area (Å²) in [5.41, 5.74) is -0.663. The summed E-state index contributed by atoms with van der Waals surface area (Å²) in [4.78, 5) is 24.3. The fourth-order valence-corrected chi connectivity index (χ4v) is 1.81. The van der Waals surface area contributed by atoms with E-state index in [-0.39, 0.29) is 30.6 Å². The molecule has 0 heterocycles. The van der Waals surface area contributed by atoms with E-state index in [1.165, 1.54) is 24.0 Å². The van der Waals surface area contributed by atoms with Crippen LogP contribution in [0.5, 0.6) is 0 Å². The molecule has 1 N–H and O–H groups in total. The Hall–Kier alpha value is -2.05. The lowest BCUT2D eigenvalue weighted by molar-refractivity contribution is -0.137. The molecule has 4 nitrogen and oxygen atoms in total. The molecule has 0 saturated carbocycles. The first-order valence-corrected chi connectivity index (χ1v) is 6.86. The summed E-state index contributed by atoms with van der Waals surface area (Å²) in [5.74, 6) is -0.759. The Morgan fingerprint density at radius 2 is 1.91 bits per heavy atom. The topological polar surface area (TPSA) is 49.4 Å². The maximum atomic E-state index is 12.7. The summed E-state index contributed by atoms with van der Waals surface area (Å²) in [6, 6.07) is 4.55. The molecule has 1 aromatic rings. The van der Waals surface area contributed by atoms with Gasteiger partial charge in [-0.2, -0.15) is 13.2 Å². The molecule has 0 unspecified atom stereocenters. The zero-order valence-corrected chi connectivity index (χ0v) is 12.7. The zero-order valence-electron chi connectivity index (χ0n) is 12.7. The highest BCUT2D eigenvalue weighted by Gasteiger charge is 2.31. The molecule has 0 aliphatic heterocycles. The first-order valence-electron chi connectivity index (χ1n) is 6.86. The lowest BCUT2D eigenvalue weighted by Crippen LogP contribution is -2.38. The standard InChI is InChI=1S/C15H19F3N2O2/c1-10(2)14(22)19-7-8-20(11(3)21)13-6-4-5-12(9-13)15(16,17)18/h4-6,9-10H,7-8H2,1-3H3,(H,19,22). The van der Waals surface area contributed by atoms with Gasteiger partial charge in [-0.05, 0) is 18.2 Å². The van der Waals surface area contributed by atoms with Crippen molar-refractivity contribution in [1.82, 2.24) is 5.32 Å². The number of hydrogen-bond acceptors (Lipinski definition) is 2. The summed E-state index contributed by atoms with van der Waals surface area (Å²) >= 11 is 0. The highest BCUT2D eigenvalue weighted by Crippen LogP contribution is 2.31. The molecule has 22 heavy (non-hydrogen) atoms. The van der Waals surface area contributed by atoms with Crippen LogP contribution >= 0.6 is 0 Å². The summed E-state index contributed by atoms with van der Waals surface area (Å²) in [5, 5.41) is 2.63. The third kappa shape index (κ3) is 5.05. The van der Waals surface area contributed by atoms with Gasteiger partial charge in [-0.15, -0.1) is 0 Å². The average molecular weight is 316 g/mol. The predicted molar refractivity (Wildman–Crippen MR) is 77.3 cm³/mol. The van der Waals surface area contributed by atoms with Crippen molar-refractivity contribution >= 4 is 17.5 Å². The second kappa shape index (κ2) is 7.29. The molecule has 0 saturated heterocycles. The van der Waals surface area contributed by atoms with Crippen LogP contribution in [0, 0.1) is 5.92 Å². The maximum absolute atomic E-state index is 12.7. The number of carbonyl (C=O) groups excluding carboxylic acids is 2.